The van der Waals surface area contributed by atoms with Crippen molar-refractivity contribution < 1.29 is 9.90 Å². The van der Waals surface area contributed by atoms with E-state index in [1.54, 1.807) is 35.0 Å². The maximum absolute atomic E-state index is 12.1. The summed E-state index contributed by atoms with van der Waals surface area (Å²) in [5, 5.41) is 9.51. The fourth-order valence-electron chi connectivity index (χ4n) is 2.04. The summed E-state index contributed by atoms with van der Waals surface area (Å²) in [6.45, 7) is 0. The van der Waals surface area contributed by atoms with Gasteiger partial charge in [0.15, 0.2) is 0 Å². The number of hydrogen-bond acceptors (Lipinski definition) is 2. The highest BCUT2D eigenvalue weighted by molar-refractivity contribution is 5.99. The van der Waals surface area contributed by atoms with Crippen LogP contribution >= 0.6 is 0 Å². The zero-order valence-electron chi connectivity index (χ0n) is 8.68. The smallest absolute Gasteiger partial charge is 0.343 e. The largest absolute Gasteiger partial charge is 0.477 e. The number of nitrogens with zero attached hydrogens (tertiary/aromatic N) is 1. The number of imidazole rings is 1. The van der Waals surface area contributed by atoms with Crippen molar-refractivity contribution in [1.82, 2.24) is 9.38 Å². The number of aromatic amines is 1. The van der Waals surface area contributed by atoms with Crippen LogP contribution in [-0.2, 0) is 0 Å². The van der Waals surface area contributed by atoms with E-state index >= 15 is 0 Å². The quantitative estimate of drug-likeness (QED) is 0.662. The van der Waals surface area contributed by atoms with Gasteiger partial charge in [0.25, 0.3) is 0 Å². The lowest BCUT2D eigenvalue weighted by Gasteiger charge is -2.04. The standard InChI is InChI=1S/C12H8N2O3/c15-10-7-3-1-2-4-8(7)14-6-5-13-11(14)9(10)12(16)17/h1-6,13H,(H,16,17). The van der Waals surface area contributed by atoms with Gasteiger partial charge < -0.3 is 14.5 Å². The van der Waals surface area contributed by atoms with Crippen LogP contribution < -0.4 is 5.43 Å². The molecule has 0 fully saturated rings. The van der Waals surface area contributed by atoms with E-state index in [1.165, 1.54) is 0 Å². The molecule has 0 saturated heterocycles. The molecule has 0 atom stereocenters. The molecule has 2 aromatic heterocycles. The predicted octanol–water partition coefficient (Wildman–Crippen LogP) is 1.48. The number of rotatable bonds is 1. The van der Waals surface area contributed by atoms with Crippen molar-refractivity contribution in [2.24, 2.45) is 0 Å². The molecule has 5 nitrogen and oxygen atoms in total. The number of aromatic carboxylic acids is 1. The molecule has 2 N–H and O–H groups in total. The third kappa shape index (κ3) is 1.19. The van der Waals surface area contributed by atoms with Gasteiger partial charge in [-0.2, -0.15) is 0 Å². The molecule has 0 spiro atoms. The number of hydrogen-bond donors (Lipinski definition) is 2. The summed E-state index contributed by atoms with van der Waals surface area (Å²) < 4.78 is 1.67. The van der Waals surface area contributed by atoms with E-state index in [0.29, 0.717) is 16.6 Å². The Morgan fingerprint density at radius 1 is 1.29 bits per heavy atom. The van der Waals surface area contributed by atoms with Gasteiger partial charge in [0, 0.05) is 17.8 Å². The highest BCUT2D eigenvalue weighted by Crippen LogP contribution is 2.15. The predicted molar refractivity (Wildman–Crippen MR) is 62.5 cm³/mol. The zero-order chi connectivity index (χ0) is 12.0. The van der Waals surface area contributed by atoms with Crippen LogP contribution in [0.25, 0.3) is 16.6 Å². The minimum atomic E-state index is -1.22. The number of carboxylic acids is 1. The lowest BCUT2D eigenvalue weighted by molar-refractivity contribution is 0.0697. The second-order valence-corrected chi connectivity index (χ2v) is 3.71. The maximum atomic E-state index is 12.1. The van der Waals surface area contributed by atoms with Crippen molar-refractivity contribution in [1.29, 1.82) is 0 Å². The van der Waals surface area contributed by atoms with Gasteiger partial charge in [-0.15, -0.1) is 0 Å². The molecule has 0 amide bonds. The average molecular weight is 228 g/mol. The molecule has 0 saturated carbocycles. The van der Waals surface area contributed by atoms with Gasteiger partial charge in [0.05, 0.1) is 5.52 Å². The number of fused-ring (bicyclic) bond motifs is 3. The number of carbonyl (C=O) groups is 1. The summed E-state index contributed by atoms with van der Waals surface area (Å²) in [5.74, 6) is -1.22. The lowest BCUT2D eigenvalue weighted by atomic mass is 10.1. The minimum Gasteiger partial charge on any atom is -0.477 e. The summed E-state index contributed by atoms with van der Waals surface area (Å²) in [6, 6.07) is 6.93. The van der Waals surface area contributed by atoms with Crippen molar-refractivity contribution in [3.05, 3.63) is 52.4 Å². The average Bonchev–Trinajstić information content (AvgIpc) is 2.78. The molecular weight excluding hydrogens is 220 g/mol. The third-order valence-electron chi connectivity index (χ3n) is 2.77. The molecule has 3 aromatic rings. The molecule has 17 heavy (non-hydrogen) atoms. The van der Waals surface area contributed by atoms with E-state index < -0.39 is 11.4 Å². The number of carboxylic acid groups (broad SMARTS) is 1. The van der Waals surface area contributed by atoms with E-state index in [4.69, 9.17) is 5.11 Å². The number of H-pyrrole nitrogens is 1. The van der Waals surface area contributed by atoms with Gasteiger partial charge in [-0.25, -0.2) is 4.79 Å². The summed E-state index contributed by atoms with van der Waals surface area (Å²) in [4.78, 5) is 26.0. The van der Waals surface area contributed by atoms with Crippen molar-refractivity contribution in [3.8, 4) is 0 Å². The van der Waals surface area contributed by atoms with Crippen molar-refractivity contribution >= 4 is 22.5 Å². The molecule has 3 rings (SSSR count). The van der Waals surface area contributed by atoms with Gasteiger partial charge in [0.1, 0.15) is 11.2 Å². The fraction of sp³-hybridized carbons (Fsp3) is 0. The first-order valence-corrected chi connectivity index (χ1v) is 5.04. The van der Waals surface area contributed by atoms with Crippen molar-refractivity contribution in [2.75, 3.05) is 0 Å². The number of aromatic nitrogens is 2. The van der Waals surface area contributed by atoms with Gasteiger partial charge in [0.2, 0.25) is 5.43 Å². The van der Waals surface area contributed by atoms with E-state index in [-0.39, 0.29) is 5.56 Å². The third-order valence-corrected chi connectivity index (χ3v) is 2.77. The topological polar surface area (TPSA) is 74.6 Å². The molecule has 0 aliphatic rings. The zero-order valence-corrected chi connectivity index (χ0v) is 8.68. The summed E-state index contributed by atoms with van der Waals surface area (Å²) in [5.41, 5.74) is 0.309. The summed E-state index contributed by atoms with van der Waals surface area (Å²) in [7, 11) is 0. The number of nitrogens with one attached hydrogen (secondary N) is 1. The lowest BCUT2D eigenvalue weighted by Crippen LogP contribution is -2.17. The molecule has 2 heterocycles. The van der Waals surface area contributed by atoms with Crippen LogP contribution in [-0.4, -0.2) is 20.5 Å². The molecule has 0 aliphatic heterocycles. The first kappa shape index (κ1) is 9.65. The first-order valence-electron chi connectivity index (χ1n) is 5.04. The monoisotopic (exact) mass is 228 g/mol. The normalized spacial score (nSPS) is 11.1. The molecule has 1 aromatic carbocycles. The molecule has 0 bridgehead atoms. The molecular formula is C12H8N2O3. The Morgan fingerprint density at radius 2 is 2.06 bits per heavy atom. The Kier molecular flexibility index (Phi) is 1.82. The molecule has 5 heteroatoms. The Balaban J connectivity index is 2.71. The van der Waals surface area contributed by atoms with Crippen LogP contribution in [0.15, 0.2) is 41.5 Å². The number of benzene rings is 1. The molecule has 0 radical (unpaired) electrons. The van der Waals surface area contributed by atoms with E-state index in [0.717, 1.165) is 0 Å². The minimum absolute atomic E-state index is 0.228. The van der Waals surface area contributed by atoms with E-state index in [9.17, 15) is 9.59 Å². The van der Waals surface area contributed by atoms with Crippen LogP contribution in [0, 0.1) is 0 Å². The van der Waals surface area contributed by atoms with E-state index in [1.807, 2.05) is 6.07 Å². The second-order valence-electron chi connectivity index (χ2n) is 3.71. The summed E-state index contributed by atoms with van der Waals surface area (Å²) >= 11 is 0. The maximum Gasteiger partial charge on any atom is 0.343 e. The van der Waals surface area contributed by atoms with Crippen molar-refractivity contribution in [3.63, 3.8) is 0 Å². The van der Waals surface area contributed by atoms with Gasteiger partial charge in [-0.1, -0.05) is 12.1 Å². The van der Waals surface area contributed by atoms with Crippen LogP contribution in [0.3, 0.4) is 0 Å². The van der Waals surface area contributed by atoms with E-state index in [2.05, 4.69) is 4.98 Å². The molecule has 84 valence electrons. The Labute approximate surface area is 94.9 Å². The van der Waals surface area contributed by atoms with Crippen LogP contribution in [0.2, 0.25) is 0 Å². The van der Waals surface area contributed by atoms with Crippen LogP contribution in [0.5, 0.6) is 0 Å². The molecule has 0 unspecified atom stereocenters. The highest BCUT2D eigenvalue weighted by atomic mass is 16.4. The van der Waals surface area contributed by atoms with Crippen LogP contribution in [0.4, 0.5) is 0 Å². The Hall–Kier alpha value is -2.56. The number of pyridine rings is 1. The second kappa shape index (κ2) is 3.21. The summed E-state index contributed by atoms with van der Waals surface area (Å²) in [6.07, 6.45) is 3.30. The van der Waals surface area contributed by atoms with Gasteiger partial charge in [-0.05, 0) is 12.1 Å². The highest BCUT2D eigenvalue weighted by Gasteiger charge is 2.17. The fourth-order valence-corrected chi connectivity index (χ4v) is 2.04. The Morgan fingerprint density at radius 3 is 2.82 bits per heavy atom. The number of para-hydroxylation sites is 1. The first-order chi connectivity index (χ1) is 8.20. The van der Waals surface area contributed by atoms with Crippen LogP contribution in [0.1, 0.15) is 10.4 Å². The van der Waals surface area contributed by atoms with Gasteiger partial charge >= 0.3 is 5.97 Å². The van der Waals surface area contributed by atoms with Crippen molar-refractivity contribution in [2.45, 2.75) is 0 Å². The molecule has 0 aliphatic carbocycles. The van der Waals surface area contributed by atoms with Gasteiger partial charge in [-0.3, -0.25) is 4.79 Å². The SMILES string of the molecule is O=C(O)c1c(=O)c2ccccc2n2cc[nH]c12. The Bertz CT molecular complexity index is 798.